The van der Waals surface area contributed by atoms with Crippen molar-refractivity contribution in [3.05, 3.63) is 169 Å². The molecule has 0 saturated heterocycles. The van der Waals surface area contributed by atoms with Crippen molar-refractivity contribution in [2.75, 3.05) is 13.7 Å². The predicted molar refractivity (Wildman–Crippen MR) is 202 cm³/mol. The van der Waals surface area contributed by atoms with E-state index in [0.717, 1.165) is 43.5 Å². The maximum absolute atomic E-state index is 7.10. The molecule has 0 unspecified atom stereocenters. The van der Waals surface area contributed by atoms with Gasteiger partial charge in [0.2, 0.25) is 0 Å². The van der Waals surface area contributed by atoms with Crippen molar-refractivity contribution < 1.29 is 17.7 Å². The lowest BCUT2D eigenvalue weighted by Crippen LogP contribution is -2.32. The molecule has 7 aromatic carbocycles. The summed E-state index contributed by atoms with van der Waals surface area (Å²) >= 11 is 0. The van der Waals surface area contributed by atoms with E-state index >= 15 is 0 Å². The Morgan fingerprint density at radius 3 is 1.50 bits per heavy atom. The number of methoxy groups -OCH3 is 1. The fourth-order valence-electron chi connectivity index (χ4n) is 6.67. The molecule has 0 radical (unpaired) electrons. The minimum Gasteiger partial charge on any atom is -0.399 e. The largest absolute Gasteiger partial charge is 0.399 e. The summed E-state index contributed by atoms with van der Waals surface area (Å²) in [4.78, 5) is 0. The monoisotopic (exact) mass is 664 g/mol. The van der Waals surface area contributed by atoms with Crippen molar-refractivity contribution in [2.45, 2.75) is 11.8 Å². The molecular weight excluding hydrogens is 630 g/mol. The molecular formula is C42H34O4P2. The Kier molecular flexibility index (Phi) is 8.81. The summed E-state index contributed by atoms with van der Waals surface area (Å²) < 4.78 is 26.7. The molecule has 6 heteroatoms. The highest BCUT2D eigenvalue weighted by atomic mass is 31.1. The van der Waals surface area contributed by atoms with Gasteiger partial charge >= 0.3 is 8.24 Å². The molecule has 48 heavy (non-hydrogen) atoms. The van der Waals surface area contributed by atoms with Crippen LogP contribution in [-0.4, -0.2) is 19.8 Å². The van der Waals surface area contributed by atoms with Crippen LogP contribution in [0.2, 0.25) is 0 Å². The lowest BCUT2D eigenvalue weighted by Gasteiger charge is -2.34. The van der Waals surface area contributed by atoms with E-state index in [0.29, 0.717) is 6.61 Å². The fraction of sp³-hybridized carbons (Fsp3) is 0.0952. The van der Waals surface area contributed by atoms with Crippen LogP contribution in [0.5, 0.6) is 0 Å². The lowest BCUT2D eigenvalue weighted by molar-refractivity contribution is 0.102. The van der Waals surface area contributed by atoms with Gasteiger partial charge in [-0.05, 0) is 57.8 Å². The zero-order chi connectivity index (χ0) is 32.3. The Bertz CT molecular complexity index is 2220. The molecule has 1 heterocycles. The molecule has 0 aliphatic rings. The van der Waals surface area contributed by atoms with Gasteiger partial charge in [0.05, 0.1) is 6.61 Å². The summed E-state index contributed by atoms with van der Waals surface area (Å²) in [6.07, 6.45) is -0.388. The van der Waals surface area contributed by atoms with Crippen molar-refractivity contribution in [3.63, 3.8) is 0 Å². The van der Waals surface area contributed by atoms with E-state index in [4.69, 9.17) is 17.7 Å². The number of fused-ring (bicyclic) bond motifs is 7. The Morgan fingerprint density at radius 1 is 0.542 bits per heavy atom. The van der Waals surface area contributed by atoms with Gasteiger partial charge in [-0.3, -0.25) is 4.52 Å². The third-order valence-electron chi connectivity index (χ3n) is 8.77. The number of hydrogen-bond donors (Lipinski definition) is 0. The highest BCUT2D eigenvalue weighted by Crippen LogP contribution is 2.53. The van der Waals surface area contributed by atoms with Gasteiger partial charge < -0.3 is 13.1 Å². The molecule has 1 aromatic heterocycles. The topological polar surface area (TPSA) is 44.7 Å². The van der Waals surface area contributed by atoms with Crippen molar-refractivity contribution in [3.8, 4) is 0 Å². The van der Waals surface area contributed by atoms with Gasteiger partial charge in [-0.25, -0.2) is 0 Å². The van der Waals surface area contributed by atoms with Crippen molar-refractivity contribution in [1.82, 2.24) is 0 Å². The van der Waals surface area contributed by atoms with Gasteiger partial charge in [-0.15, -0.1) is 0 Å². The molecule has 8 rings (SSSR count). The maximum atomic E-state index is 7.10. The lowest BCUT2D eigenvalue weighted by atomic mass is 9.99. The Morgan fingerprint density at radius 2 is 1.00 bits per heavy atom. The zero-order valence-corrected chi connectivity index (χ0v) is 28.3. The van der Waals surface area contributed by atoms with Crippen molar-refractivity contribution in [2.24, 2.45) is 0 Å². The predicted octanol–water partition coefficient (Wildman–Crippen LogP) is 10.9. The van der Waals surface area contributed by atoms with Crippen LogP contribution in [0.1, 0.15) is 11.2 Å². The molecule has 236 valence electrons. The Balaban J connectivity index is 1.36. The van der Waals surface area contributed by atoms with Crippen LogP contribution in [-0.2, 0) is 4.74 Å². The standard InChI is InChI=1S/C42H34O4P2/c1-43-29-39(42(32-17-5-2-6-18-32)47(33-19-7-3-8-20-33)34-21-9-4-10-22-34)46-48-44-37-27-25-30-15-11-13-23-35(30)40(37)41-36-24-14-12-16-31(36)26-28-38(41)45-48/h2-28,39,42H,29H2,1H3/t39-,42+/m0/s1. The summed E-state index contributed by atoms with van der Waals surface area (Å²) in [5.74, 6) is 0. The summed E-state index contributed by atoms with van der Waals surface area (Å²) in [6.45, 7) is 0.360. The SMILES string of the molecule is COC[C@H](Op1oc2ccc3ccccc3c2c2c(ccc3ccccc32)o1)[C@@H](c1ccccc1)P(c1ccccc1)c1ccccc1. The highest BCUT2D eigenvalue weighted by molar-refractivity contribution is 7.73. The zero-order valence-electron chi connectivity index (χ0n) is 26.5. The number of ether oxygens (including phenoxy) is 1. The van der Waals surface area contributed by atoms with Crippen molar-refractivity contribution >= 4 is 70.3 Å². The molecule has 2 atom stereocenters. The fourth-order valence-corrected chi connectivity index (χ4v) is 10.8. The van der Waals surface area contributed by atoms with Crippen LogP contribution in [0.15, 0.2) is 172 Å². The first-order valence-electron chi connectivity index (χ1n) is 16.1. The normalized spacial score (nSPS) is 13.0. The van der Waals surface area contributed by atoms with Gasteiger partial charge in [-0.1, -0.05) is 152 Å². The van der Waals surface area contributed by atoms with Crippen LogP contribution < -0.4 is 15.1 Å². The second kappa shape index (κ2) is 13.8. The minimum atomic E-state index is -1.89. The molecule has 0 fully saturated rings. The van der Waals surface area contributed by atoms with Crippen LogP contribution in [0.3, 0.4) is 0 Å². The molecule has 8 aromatic rings. The van der Waals surface area contributed by atoms with Crippen LogP contribution >= 0.6 is 16.2 Å². The third kappa shape index (κ3) is 5.94. The van der Waals surface area contributed by atoms with E-state index in [1.165, 1.54) is 16.2 Å². The number of hydrogen-bond acceptors (Lipinski definition) is 4. The Hall–Kier alpha value is -4.69. The first-order valence-corrected chi connectivity index (χ1v) is 18.6. The van der Waals surface area contributed by atoms with E-state index < -0.39 is 16.2 Å². The smallest absolute Gasteiger partial charge is 0.387 e. The molecule has 0 aliphatic heterocycles. The van der Waals surface area contributed by atoms with E-state index in [1.807, 2.05) is 0 Å². The van der Waals surface area contributed by atoms with E-state index in [1.54, 1.807) is 7.11 Å². The molecule has 0 N–H and O–H groups in total. The van der Waals surface area contributed by atoms with Crippen LogP contribution in [0.25, 0.3) is 43.5 Å². The maximum Gasteiger partial charge on any atom is 0.387 e. The van der Waals surface area contributed by atoms with Crippen molar-refractivity contribution in [1.29, 1.82) is 0 Å². The van der Waals surface area contributed by atoms with Gasteiger partial charge in [0, 0.05) is 23.5 Å². The van der Waals surface area contributed by atoms with Gasteiger partial charge in [0.25, 0.3) is 0 Å². The van der Waals surface area contributed by atoms with Gasteiger partial charge in [0.15, 0.2) is 0 Å². The highest BCUT2D eigenvalue weighted by Gasteiger charge is 2.35. The minimum absolute atomic E-state index is 0.0592. The molecule has 0 aliphatic carbocycles. The van der Waals surface area contributed by atoms with Gasteiger partial charge in [-0.2, -0.15) is 0 Å². The van der Waals surface area contributed by atoms with Crippen LogP contribution in [0.4, 0.5) is 0 Å². The van der Waals surface area contributed by atoms with Gasteiger partial charge in [0.1, 0.15) is 17.3 Å². The molecule has 4 nitrogen and oxygen atoms in total. The Labute approximate surface area is 281 Å². The second-order valence-corrected chi connectivity index (χ2v) is 15.1. The average Bonchev–Trinajstić information content (AvgIpc) is 3.31. The molecule has 0 saturated carbocycles. The average molecular weight is 665 g/mol. The quantitative estimate of drug-likeness (QED) is 0.144. The first-order chi connectivity index (χ1) is 23.8. The molecule has 0 amide bonds. The van der Waals surface area contributed by atoms with E-state index in [-0.39, 0.29) is 11.8 Å². The summed E-state index contributed by atoms with van der Waals surface area (Å²) in [6, 6.07) is 57.4. The summed E-state index contributed by atoms with van der Waals surface area (Å²) in [7, 11) is -1.09. The summed E-state index contributed by atoms with van der Waals surface area (Å²) in [5.41, 5.74) is 2.61. The third-order valence-corrected chi connectivity index (χ3v) is 12.8. The second-order valence-electron chi connectivity index (χ2n) is 11.7. The summed E-state index contributed by atoms with van der Waals surface area (Å²) in [5, 5.41) is 9.08. The van der Waals surface area contributed by atoms with E-state index in [2.05, 4.69) is 164 Å². The van der Waals surface area contributed by atoms with Crippen LogP contribution in [0, 0.1) is 0 Å². The number of rotatable bonds is 9. The molecule has 0 spiro atoms. The first kappa shape index (κ1) is 30.6. The van der Waals surface area contributed by atoms with E-state index in [9.17, 15) is 0 Å². The molecule has 0 bridgehead atoms. The number of benzene rings is 7.